The van der Waals surface area contributed by atoms with Gasteiger partial charge in [-0.05, 0) is 18.1 Å². The minimum absolute atomic E-state index is 0.307. The van der Waals surface area contributed by atoms with Gasteiger partial charge in [-0.25, -0.2) is 0 Å². The Bertz CT molecular complexity index is 295. The minimum Gasteiger partial charge on any atom is -0.506 e. The zero-order valence-electron chi connectivity index (χ0n) is 7.77. The summed E-state index contributed by atoms with van der Waals surface area (Å²) in [5.41, 5.74) is 0.786. The number of rotatable bonds is 2. The molecule has 0 saturated carbocycles. The van der Waals surface area contributed by atoms with Crippen LogP contribution in [-0.2, 0) is 6.54 Å². The highest BCUT2D eigenvalue weighted by atomic mass is 16.3. The van der Waals surface area contributed by atoms with Crippen molar-refractivity contribution in [3.8, 4) is 5.75 Å². The van der Waals surface area contributed by atoms with Crippen molar-refractivity contribution in [2.24, 2.45) is 5.92 Å². The summed E-state index contributed by atoms with van der Waals surface area (Å²) >= 11 is 0. The first-order chi connectivity index (χ1) is 6.25. The summed E-state index contributed by atoms with van der Waals surface area (Å²) < 4.78 is 0. The maximum Gasteiger partial charge on any atom is 0.138 e. The molecule has 1 aromatic heterocycles. The van der Waals surface area contributed by atoms with Gasteiger partial charge in [0.1, 0.15) is 5.75 Å². The van der Waals surface area contributed by atoms with E-state index in [1.165, 1.54) is 0 Å². The van der Waals surface area contributed by atoms with Gasteiger partial charge in [-0.15, -0.1) is 0 Å². The third-order valence-electron chi connectivity index (χ3n) is 2.38. The molecule has 3 heteroatoms. The monoisotopic (exact) mass is 178 g/mol. The van der Waals surface area contributed by atoms with Gasteiger partial charge in [0.2, 0.25) is 0 Å². The zero-order chi connectivity index (χ0) is 9.26. The molecule has 13 heavy (non-hydrogen) atoms. The highest BCUT2D eigenvalue weighted by Gasteiger charge is 2.23. The van der Waals surface area contributed by atoms with E-state index in [4.69, 9.17) is 0 Å². The Hall–Kier alpha value is -1.09. The lowest BCUT2D eigenvalue weighted by Gasteiger charge is -2.36. The summed E-state index contributed by atoms with van der Waals surface area (Å²) in [7, 11) is 0. The SMILES string of the molecule is CC1CN(Cc2ncccc2O)C1. The fraction of sp³-hybridized carbons (Fsp3) is 0.500. The van der Waals surface area contributed by atoms with Crippen molar-refractivity contribution in [1.82, 2.24) is 9.88 Å². The van der Waals surface area contributed by atoms with Gasteiger partial charge in [-0.2, -0.15) is 0 Å². The van der Waals surface area contributed by atoms with Crippen molar-refractivity contribution in [3.05, 3.63) is 24.0 Å². The quantitative estimate of drug-likeness (QED) is 0.740. The van der Waals surface area contributed by atoms with Gasteiger partial charge in [0, 0.05) is 25.8 Å². The highest BCUT2D eigenvalue weighted by Crippen LogP contribution is 2.20. The summed E-state index contributed by atoms with van der Waals surface area (Å²) in [6.45, 7) is 5.25. The largest absolute Gasteiger partial charge is 0.506 e. The Morgan fingerprint density at radius 3 is 3.00 bits per heavy atom. The summed E-state index contributed by atoms with van der Waals surface area (Å²) in [6.07, 6.45) is 1.72. The third kappa shape index (κ3) is 1.80. The predicted molar refractivity (Wildman–Crippen MR) is 50.3 cm³/mol. The summed E-state index contributed by atoms with van der Waals surface area (Å²) in [5, 5.41) is 9.46. The summed E-state index contributed by atoms with van der Waals surface area (Å²) in [5.74, 6) is 1.10. The number of hydrogen-bond donors (Lipinski definition) is 1. The molecule has 1 aliphatic rings. The molecule has 2 rings (SSSR count). The van der Waals surface area contributed by atoms with E-state index >= 15 is 0 Å². The first-order valence-corrected chi connectivity index (χ1v) is 4.61. The molecule has 1 aliphatic heterocycles. The molecule has 0 amide bonds. The van der Waals surface area contributed by atoms with Crippen molar-refractivity contribution in [3.63, 3.8) is 0 Å². The summed E-state index contributed by atoms with van der Waals surface area (Å²) in [6, 6.07) is 3.43. The number of likely N-dealkylation sites (tertiary alicyclic amines) is 1. The van der Waals surface area contributed by atoms with E-state index in [9.17, 15) is 5.11 Å². The first kappa shape index (κ1) is 8.51. The van der Waals surface area contributed by atoms with Crippen LogP contribution in [-0.4, -0.2) is 28.1 Å². The van der Waals surface area contributed by atoms with E-state index in [1.807, 2.05) is 0 Å². The molecule has 0 atom stereocenters. The maximum absolute atomic E-state index is 9.46. The van der Waals surface area contributed by atoms with Gasteiger partial charge in [0.15, 0.2) is 0 Å². The molecule has 1 saturated heterocycles. The van der Waals surface area contributed by atoms with Crippen molar-refractivity contribution in [1.29, 1.82) is 0 Å². The second kappa shape index (κ2) is 3.34. The molecule has 0 radical (unpaired) electrons. The van der Waals surface area contributed by atoms with Crippen molar-refractivity contribution >= 4 is 0 Å². The Labute approximate surface area is 78.0 Å². The fourth-order valence-electron chi connectivity index (χ4n) is 1.72. The van der Waals surface area contributed by atoms with Crippen LogP contribution in [0.2, 0.25) is 0 Å². The molecular weight excluding hydrogens is 164 g/mol. The molecule has 1 N–H and O–H groups in total. The highest BCUT2D eigenvalue weighted by molar-refractivity contribution is 5.24. The van der Waals surface area contributed by atoms with Gasteiger partial charge >= 0.3 is 0 Å². The van der Waals surface area contributed by atoms with Gasteiger partial charge < -0.3 is 5.11 Å². The lowest BCUT2D eigenvalue weighted by Crippen LogP contribution is -2.44. The van der Waals surface area contributed by atoms with E-state index in [0.29, 0.717) is 5.75 Å². The number of nitrogens with zero attached hydrogens (tertiary/aromatic N) is 2. The van der Waals surface area contributed by atoms with Gasteiger partial charge in [-0.3, -0.25) is 9.88 Å². The lowest BCUT2D eigenvalue weighted by molar-refractivity contribution is 0.102. The molecule has 70 valence electrons. The van der Waals surface area contributed by atoms with Crippen LogP contribution in [0.3, 0.4) is 0 Å². The Morgan fingerprint density at radius 1 is 1.62 bits per heavy atom. The smallest absolute Gasteiger partial charge is 0.138 e. The van der Waals surface area contributed by atoms with Crippen molar-refractivity contribution < 1.29 is 5.11 Å². The molecular formula is C10H14N2O. The number of aromatic nitrogens is 1. The fourth-order valence-corrected chi connectivity index (χ4v) is 1.72. The zero-order valence-corrected chi connectivity index (χ0v) is 7.77. The Kier molecular flexibility index (Phi) is 2.19. The Morgan fingerprint density at radius 2 is 2.38 bits per heavy atom. The van der Waals surface area contributed by atoms with E-state index in [1.54, 1.807) is 18.3 Å². The van der Waals surface area contributed by atoms with Crippen LogP contribution >= 0.6 is 0 Å². The summed E-state index contributed by atoms with van der Waals surface area (Å²) in [4.78, 5) is 6.42. The standard InChI is InChI=1S/C10H14N2O/c1-8-5-12(6-8)7-9-10(13)3-2-4-11-9/h2-4,8,13H,5-7H2,1H3. The lowest BCUT2D eigenvalue weighted by atomic mass is 10.0. The average Bonchev–Trinajstić information content (AvgIpc) is 2.06. The molecule has 0 bridgehead atoms. The molecule has 0 aromatic carbocycles. The van der Waals surface area contributed by atoms with E-state index < -0.39 is 0 Å². The minimum atomic E-state index is 0.307. The molecule has 0 unspecified atom stereocenters. The second-order valence-electron chi connectivity index (χ2n) is 3.77. The van der Waals surface area contributed by atoms with E-state index in [0.717, 1.165) is 31.2 Å². The van der Waals surface area contributed by atoms with Crippen LogP contribution in [0.5, 0.6) is 5.75 Å². The first-order valence-electron chi connectivity index (χ1n) is 4.61. The average molecular weight is 178 g/mol. The number of pyridine rings is 1. The van der Waals surface area contributed by atoms with Gasteiger partial charge in [0.05, 0.1) is 5.69 Å². The van der Waals surface area contributed by atoms with Crippen molar-refractivity contribution in [2.45, 2.75) is 13.5 Å². The second-order valence-corrected chi connectivity index (χ2v) is 3.77. The molecule has 3 nitrogen and oxygen atoms in total. The van der Waals surface area contributed by atoms with Crippen molar-refractivity contribution in [2.75, 3.05) is 13.1 Å². The van der Waals surface area contributed by atoms with Crippen LogP contribution in [0, 0.1) is 5.92 Å². The van der Waals surface area contributed by atoms with Crippen LogP contribution in [0.1, 0.15) is 12.6 Å². The van der Waals surface area contributed by atoms with E-state index in [2.05, 4.69) is 16.8 Å². The predicted octanol–water partition coefficient (Wildman–Crippen LogP) is 1.24. The van der Waals surface area contributed by atoms with Crippen LogP contribution in [0.25, 0.3) is 0 Å². The molecule has 0 spiro atoms. The maximum atomic E-state index is 9.46. The molecule has 0 aliphatic carbocycles. The van der Waals surface area contributed by atoms with Crippen LogP contribution in [0.4, 0.5) is 0 Å². The molecule has 2 heterocycles. The Balaban J connectivity index is 1.98. The third-order valence-corrected chi connectivity index (χ3v) is 2.38. The normalized spacial score (nSPS) is 18.5. The number of aromatic hydroxyl groups is 1. The van der Waals surface area contributed by atoms with Crippen LogP contribution in [0.15, 0.2) is 18.3 Å². The number of hydrogen-bond acceptors (Lipinski definition) is 3. The van der Waals surface area contributed by atoms with Gasteiger partial charge in [0.25, 0.3) is 0 Å². The topological polar surface area (TPSA) is 36.4 Å². The van der Waals surface area contributed by atoms with Gasteiger partial charge in [-0.1, -0.05) is 6.92 Å². The van der Waals surface area contributed by atoms with E-state index in [-0.39, 0.29) is 0 Å². The molecule has 1 fully saturated rings. The van der Waals surface area contributed by atoms with Crippen LogP contribution < -0.4 is 0 Å². The molecule has 1 aromatic rings.